The molecule has 5 nitrogen and oxygen atoms in total. The molecular weight excluding hydrogens is 260 g/mol. The van der Waals surface area contributed by atoms with Gasteiger partial charge in [0.1, 0.15) is 0 Å². The number of anilines is 2. The molecule has 3 heterocycles. The third-order valence-electron chi connectivity index (χ3n) is 4.63. The molecule has 2 aliphatic heterocycles. The second-order valence-electron chi connectivity index (χ2n) is 5.70. The van der Waals surface area contributed by atoms with E-state index in [0.717, 1.165) is 29.5 Å². The van der Waals surface area contributed by atoms with Gasteiger partial charge in [0, 0.05) is 18.6 Å². The van der Waals surface area contributed by atoms with Gasteiger partial charge in [0.25, 0.3) is 0 Å². The topological polar surface area (TPSA) is 63.4 Å². The SMILES string of the molecule is COc1c(N)nsc1NCC1CC2CCC(C1)N2C. The smallest absolute Gasteiger partial charge is 0.197 e. The van der Waals surface area contributed by atoms with Gasteiger partial charge in [-0.1, -0.05) is 0 Å². The van der Waals surface area contributed by atoms with Crippen LogP contribution < -0.4 is 15.8 Å². The summed E-state index contributed by atoms with van der Waals surface area (Å²) in [4.78, 5) is 2.57. The van der Waals surface area contributed by atoms with Gasteiger partial charge >= 0.3 is 0 Å². The maximum absolute atomic E-state index is 5.76. The molecule has 0 amide bonds. The molecule has 2 atom stereocenters. The molecule has 2 fully saturated rings. The summed E-state index contributed by atoms with van der Waals surface area (Å²) < 4.78 is 9.41. The molecule has 0 radical (unpaired) electrons. The number of methoxy groups -OCH3 is 1. The first kappa shape index (κ1) is 13.0. The van der Waals surface area contributed by atoms with Crippen molar-refractivity contribution in [1.29, 1.82) is 0 Å². The maximum Gasteiger partial charge on any atom is 0.197 e. The maximum atomic E-state index is 5.76. The molecule has 0 saturated carbocycles. The highest BCUT2D eigenvalue weighted by atomic mass is 32.1. The van der Waals surface area contributed by atoms with E-state index in [1.54, 1.807) is 7.11 Å². The van der Waals surface area contributed by atoms with Crippen molar-refractivity contribution in [2.75, 3.05) is 31.8 Å². The number of hydrogen-bond acceptors (Lipinski definition) is 6. The molecule has 0 spiro atoms. The summed E-state index contributed by atoms with van der Waals surface area (Å²) in [6.45, 7) is 0.999. The average molecular weight is 282 g/mol. The van der Waals surface area contributed by atoms with Gasteiger partial charge in [-0.2, -0.15) is 4.37 Å². The number of nitrogens with two attached hydrogens (primary N) is 1. The number of rotatable bonds is 4. The number of nitrogen functional groups attached to an aromatic ring is 1. The number of aromatic nitrogens is 1. The van der Waals surface area contributed by atoms with Gasteiger partial charge in [0.15, 0.2) is 16.6 Å². The fraction of sp³-hybridized carbons (Fsp3) is 0.769. The number of ether oxygens (including phenoxy) is 1. The first-order chi connectivity index (χ1) is 9.19. The number of fused-ring (bicyclic) bond motifs is 2. The summed E-state index contributed by atoms with van der Waals surface area (Å²) in [5, 5.41) is 4.44. The van der Waals surface area contributed by atoms with Crippen LogP contribution in [0.1, 0.15) is 25.7 Å². The lowest BCUT2D eigenvalue weighted by molar-refractivity contribution is 0.139. The van der Waals surface area contributed by atoms with Gasteiger partial charge in [0.05, 0.1) is 7.11 Å². The van der Waals surface area contributed by atoms with E-state index in [4.69, 9.17) is 10.5 Å². The van der Waals surface area contributed by atoms with Crippen LogP contribution in [0.2, 0.25) is 0 Å². The van der Waals surface area contributed by atoms with Gasteiger partial charge in [-0.15, -0.1) is 0 Å². The highest BCUT2D eigenvalue weighted by molar-refractivity contribution is 7.11. The molecule has 1 aromatic heterocycles. The third-order valence-corrected chi connectivity index (χ3v) is 5.43. The molecule has 6 heteroatoms. The zero-order chi connectivity index (χ0) is 13.4. The Kier molecular flexibility index (Phi) is 3.54. The van der Waals surface area contributed by atoms with Gasteiger partial charge in [0.2, 0.25) is 0 Å². The zero-order valence-corrected chi connectivity index (χ0v) is 12.4. The Morgan fingerprint density at radius 1 is 1.42 bits per heavy atom. The molecule has 106 valence electrons. The van der Waals surface area contributed by atoms with Crippen LogP contribution in [0.15, 0.2) is 0 Å². The van der Waals surface area contributed by atoms with Crippen molar-refractivity contribution in [1.82, 2.24) is 9.27 Å². The third kappa shape index (κ3) is 2.39. The lowest BCUT2D eigenvalue weighted by atomic mass is 9.91. The zero-order valence-electron chi connectivity index (χ0n) is 11.6. The summed E-state index contributed by atoms with van der Waals surface area (Å²) >= 11 is 1.39. The molecule has 2 unspecified atom stereocenters. The minimum atomic E-state index is 0.485. The molecule has 0 aliphatic carbocycles. The minimum absolute atomic E-state index is 0.485. The molecule has 2 bridgehead atoms. The standard InChI is InChI=1S/C13H22N4OS/c1-17-9-3-4-10(17)6-8(5-9)7-15-13-11(18-2)12(14)16-19-13/h8-10,15H,3-7H2,1-2H3,(H2,14,16). The summed E-state index contributed by atoms with van der Waals surface area (Å²) in [6.07, 6.45) is 5.34. The number of nitrogens with one attached hydrogen (secondary N) is 1. The van der Waals surface area contributed by atoms with E-state index in [1.165, 1.54) is 37.2 Å². The highest BCUT2D eigenvalue weighted by Crippen LogP contribution is 2.39. The van der Waals surface area contributed by atoms with Crippen molar-refractivity contribution in [3.63, 3.8) is 0 Å². The Labute approximate surface area is 118 Å². The van der Waals surface area contributed by atoms with E-state index in [0.29, 0.717) is 11.6 Å². The van der Waals surface area contributed by atoms with E-state index in [-0.39, 0.29) is 0 Å². The monoisotopic (exact) mass is 282 g/mol. The van der Waals surface area contributed by atoms with Crippen molar-refractivity contribution < 1.29 is 4.74 Å². The molecule has 1 aromatic rings. The Morgan fingerprint density at radius 2 is 2.11 bits per heavy atom. The van der Waals surface area contributed by atoms with E-state index in [2.05, 4.69) is 21.6 Å². The number of nitrogens with zero attached hydrogens (tertiary/aromatic N) is 2. The second-order valence-corrected chi connectivity index (χ2v) is 6.47. The minimum Gasteiger partial charge on any atom is -0.490 e. The molecule has 3 rings (SSSR count). The summed E-state index contributed by atoms with van der Waals surface area (Å²) in [5.41, 5.74) is 5.76. The van der Waals surface area contributed by atoms with Crippen LogP contribution >= 0.6 is 11.5 Å². The van der Waals surface area contributed by atoms with Gasteiger partial charge in [-0.25, -0.2) is 0 Å². The Hall–Kier alpha value is -1.01. The van der Waals surface area contributed by atoms with E-state index in [1.807, 2.05) is 0 Å². The van der Waals surface area contributed by atoms with Crippen LogP contribution in [0.3, 0.4) is 0 Å². The van der Waals surface area contributed by atoms with Crippen molar-refractivity contribution in [3.8, 4) is 5.75 Å². The molecule has 0 aromatic carbocycles. The van der Waals surface area contributed by atoms with Crippen LogP contribution in [0.4, 0.5) is 10.8 Å². The van der Waals surface area contributed by atoms with Crippen molar-refractivity contribution in [2.24, 2.45) is 5.92 Å². The Morgan fingerprint density at radius 3 is 2.74 bits per heavy atom. The second kappa shape index (κ2) is 5.17. The van der Waals surface area contributed by atoms with Crippen LogP contribution in [-0.4, -0.2) is 42.1 Å². The number of piperidine rings is 1. The molecule has 2 saturated heterocycles. The fourth-order valence-corrected chi connectivity index (χ4v) is 4.22. The van der Waals surface area contributed by atoms with Crippen molar-refractivity contribution >= 4 is 22.4 Å². The Bertz CT molecular complexity index is 436. The summed E-state index contributed by atoms with van der Waals surface area (Å²) in [6, 6.07) is 1.58. The van der Waals surface area contributed by atoms with Crippen LogP contribution in [0.5, 0.6) is 5.75 Å². The Balaban J connectivity index is 1.58. The van der Waals surface area contributed by atoms with Gasteiger partial charge in [-0.05, 0) is 50.2 Å². The van der Waals surface area contributed by atoms with Crippen LogP contribution in [0.25, 0.3) is 0 Å². The summed E-state index contributed by atoms with van der Waals surface area (Å²) in [5.74, 6) is 1.93. The first-order valence-corrected chi connectivity index (χ1v) is 7.71. The van der Waals surface area contributed by atoms with Crippen LogP contribution in [-0.2, 0) is 0 Å². The van der Waals surface area contributed by atoms with Gasteiger partial charge in [-0.3, -0.25) is 0 Å². The van der Waals surface area contributed by atoms with E-state index >= 15 is 0 Å². The largest absolute Gasteiger partial charge is 0.490 e. The normalized spacial score (nSPS) is 30.5. The molecule has 2 aliphatic rings. The quantitative estimate of drug-likeness (QED) is 0.884. The average Bonchev–Trinajstić information content (AvgIpc) is 2.84. The van der Waals surface area contributed by atoms with Crippen molar-refractivity contribution in [3.05, 3.63) is 0 Å². The molecular formula is C13H22N4OS. The lowest BCUT2D eigenvalue weighted by Crippen LogP contribution is -2.41. The highest BCUT2D eigenvalue weighted by Gasteiger charge is 2.38. The number of hydrogen-bond donors (Lipinski definition) is 2. The molecule has 3 N–H and O–H groups in total. The predicted molar refractivity (Wildman–Crippen MR) is 78.9 cm³/mol. The first-order valence-electron chi connectivity index (χ1n) is 6.94. The van der Waals surface area contributed by atoms with E-state index < -0.39 is 0 Å². The van der Waals surface area contributed by atoms with Gasteiger partial charge < -0.3 is 20.7 Å². The lowest BCUT2D eigenvalue weighted by Gasteiger charge is -2.36. The van der Waals surface area contributed by atoms with Crippen molar-refractivity contribution in [2.45, 2.75) is 37.8 Å². The molecule has 19 heavy (non-hydrogen) atoms. The fourth-order valence-electron chi connectivity index (χ4n) is 3.53. The summed E-state index contributed by atoms with van der Waals surface area (Å²) in [7, 11) is 3.92. The predicted octanol–water partition coefficient (Wildman–Crippen LogP) is 2.02. The van der Waals surface area contributed by atoms with Crippen LogP contribution in [0, 0.1) is 5.92 Å². The van der Waals surface area contributed by atoms with E-state index in [9.17, 15) is 0 Å².